The molecule has 1 aliphatic carbocycles. The quantitative estimate of drug-likeness (QED) is 0.228. The molecule has 4 nitrogen and oxygen atoms in total. The van der Waals surface area contributed by atoms with Gasteiger partial charge in [0, 0.05) is 27.2 Å². The van der Waals surface area contributed by atoms with Crippen molar-refractivity contribution >= 4 is 33.2 Å². The van der Waals surface area contributed by atoms with Gasteiger partial charge in [0.05, 0.1) is 12.2 Å². The van der Waals surface area contributed by atoms with E-state index in [2.05, 4.69) is 59.0 Å². The van der Waals surface area contributed by atoms with Gasteiger partial charge in [-0.2, -0.15) is 0 Å². The van der Waals surface area contributed by atoms with Crippen molar-refractivity contribution in [1.82, 2.24) is 5.32 Å². The summed E-state index contributed by atoms with van der Waals surface area (Å²) in [5, 5.41) is 23.9. The Labute approximate surface area is 205 Å². The fourth-order valence-electron chi connectivity index (χ4n) is 4.36. The summed E-state index contributed by atoms with van der Waals surface area (Å²) in [4.78, 5) is 14.0. The Morgan fingerprint density at radius 3 is 2.88 bits per heavy atom. The molecule has 1 fully saturated rings. The molecule has 0 radical (unpaired) electrons. The fraction of sp³-hybridized carbons (Fsp3) is 0.577. The summed E-state index contributed by atoms with van der Waals surface area (Å²) in [5.41, 5.74) is 0. The maximum Gasteiger partial charge on any atom is 0.219 e. The molecule has 0 aliphatic heterocycles. The second-order valence-electron chi connectivity index (χ2n) is 8.60. The van der Waals surface area contributed by atoms with Gasteiger partial charge < -0.3 is 15.5 Å². The van der Waals surface area contributed by atoms with E-state index in [1.807, 2.05) is 19.1 Å². The van der Waals surface area contributed by atoms with Crippen molar-refractivity contribution in [2.75, 3.05) is 6.54 Å². The first-order chi connectivity index (χ1) is 15.3. The minimum absolute atomic E-state index is 0.103. The monoisotopic (exact) mass is 523 g/mol. The Kier molecular flexibility index (Phi) is 11.9. The highest BCUT2D eigenvalue weighted by molar-refractivity contribution is 9.10. The van der Waals surface area contributed by atoms with Gasteiger partial charge in [0.2, 0.25) is 5.91 Å². The third kappa shape index (κ3) is 8.62. The molecule has 1 amide bonds. The molecule has 0 aromatic carbocycles. The molecule has 178 valence electrons. The summed E-state index contributed by atoms with van der Waals surface area (Å²) in [5.74, 6) is 0.624. The van der Waals surface area contributed by atoms with E-state index in [1.165, 1.54) is 9.75 Å². The van der Waals surface area contributed by atoms with Crippen LogP contribution in [0.2, 0.25) is 0 Å². The van der Waals surface area contributed by atoms with Crippen LogP contribution in [0, 0.1) is 24.7 Å². The van der Waals surface area contributed by atoms with Crippen LogP contribution in [0.5, 0.6) is 0 Å². The SMILES string of the molecule is C=CC1CC(O)[C@H](C/C=C\CCCC(=O)NCC)[C@H]1/C=C/[C@@H](O)CCc1cc(Br)c(C)s1. The minimum Gasteiger partial charge on any atom is -0.393 e. The van der Waals surface area contributed by atoms with Gasteiger partial charge in [0.15, 0.2) is 0 Å². The molecule has 0 spiro atoms. The zero-order valence-electron chi connectivity index (χ0n) is 19.3. The highest BCUT2D eigenvalue weighted by Crippen LogP contribution is 2.41. The summed E-state index contributed by atoms with van der Waals surface area (Å²) in [7, 11) is 0. The van der Waals surface area contributed by atoms with E-state index in [0.29, 0.717) is 25.8 Å². The van der Waals surface area contributed by atoms with Crippen molar-refractivity contribution in [1.29, 1.82) is 0 Å². The van der Waals surface area contributed by atoms with Crippen LogP contribution in [-0.2, 0) is 11.2 Å². The van der Waals surface area contributed by atoms with E-state index in [1.54, 1.807) is 11.3 Å². The molecule has 0 bridgehead atoms. The van der Waals surface area contributed by atoms with Crippen LogP contribution >= 0.6 is 27.3 Å². The average Bonchev–Trinajstić information content (AvgIpc) is 3.25. The number of nitrogens with one attached hydrogen (secondary N) is 1. The number of aryl methyl sites for hydroxylation is 2. The molecule has 1 heterocycles. The molecule has 2 rings (SSSR count). The third-order valence-corrected chi connectivity index (χ3v) is 8.37. The lowest BCUT2D eigenvalue weighted by Gasteiger charge is -2.20. The second-order valence-corrected chi connectivity index (χ2v) is 10.8. The number of unbranched alkanes of at least 4 members (excludes halogenated alkanes) is 1. The number of aliphatic hydroxyl groups is 2. The van der Waals surface area contributed by atoms with E-state index in [0.717, 1.165) is 30.2 Å². The van der Waals surface area contributed by atoms with Crippen molar-refractivity contribution in [2.45, 2.75) is 71.0 Å². The molecule has 2 unspecified atom stereocenters. The van der Waals surface area contributed by atoms with Crippen LogP contribution in [0.1, 0.15) is 55.2 Å². The zero-order valence-corrected chi connectivity index (χ0v) is 21.7. The first-order valence-corrected chi connectivity index (χ1v) is 13.3. The molecule has 1 aromatic rings. The Morgan fingerprint density at radius 2 is 2.22 bits per heavy atom. The fourth-order valence-corrected chi connectivity index (χ4v) is 5.98. The number of aliphatic hydroxyl groups excluding tert-OH is 2. The third-order valence-electron chi connectivity index (χ3n) is 6.17. The molecule has 0 saturated heterocycles. The summed E-state index contributed by atoms with van der Waals surface area (Å²) < 4.78 is 1.14. The molecule has 5 atom stereocenters. The largest absolute Gasteiger partial charge is 0.393 e. The number of halogens is 1. The molecule has 1 saturated carbocycles. The van der Waals surface area contributed by atoms with E-state index < -0.39 is 6.10 Å². The first-order valence-electron chi connectivity index (χ1n) is 11.7. The Balaban J connectivity index is 1.85. The van der Waals surface area contributed by atoms with Crippen LogP contribution in [0.3, 0.4) is 0 Å². The number of hydrogen-bond donors (Lipinski definition) is 3. The Morgan fingerprint density at radius 1 is 1.44 bits per heavy atom. The van der Waals surface area contributed by atoms with E-state index in [-0.39, 0.29) is 29.8 Å². The summed E-state index contributed by atoms with van der Waals surface area (Å²) >= 11 is 5.31. The van der Waals surface area contributed by atoms with Crippen molar-refractivity contribution in [3.63, 3.8) is 0 Å². The maximum absolute atomic E-state index is 11.5. The zero-order chi connectivity index (χ0) is 23.5. The van der Waals surface area contributed by atoms with Crippen molar-refractivity contribution in [3.8, 4) is 0 Å². The second kappa shape index (κ2) is 14.1. The lowest BCUT2D eigenvalue weighted by Crippen LogP contribution is -2.21. The van der Waals surface area contributed by atoms with E-state index in [4.69, 9.17) is 0 Å². The van der Waals surface area contributed by atoms with Crippen molar-refractivity contribution < 1.29 is 15.0 Å². The molecule has 32 heavy (non-hydrogen) atoms. The van der Waals surface area contributed by atoms with Gasteiger partial charge in [-0.3, -0.25) is 4.79 Å². The Bertz CT molecular complexity index is 769. The predicted octanol–water partition coefficient (Wildman–Crippen LogP) is 5.72. The van der Waals surface area contributed by atoms with Gasteiger partial charge in [-0.25, -0.2) is 0 Å². The molecule has 3 N–H and O–H groups in total. The number of allylic oxidation sites excluding steroid dienone is 4. The number of amides is 1. The summed E-state index contributed by atoms with van der Waals surface area (Å²) in [6, 6.07) is 2.14. The highest BCUT2D eigenvalue weighted by atomic mass is 79.9. The van der Waals surface area contributed by atoms with Gasteiger partial charge in [-0.05, 0) is 92.1 Å². The minimum atomic E-state index is -0.496. The van der Waals surface area contributed by atoms with Crippen LogP contribution in [0.25, 0.3) is 0 Å². The normalized spacial score (nSPS) is 24.4. The van der Waals surface area contributed by atoms with E-state index >= 15 is 0 Å². The number of carbonyl (C=O) groups excluding carboxylic acids is 1. The molecule has 1 aromatic heterocycles. The van der Waals surface area contributed by atoms with Crippen LogP contribution in [0.15, 0.2) is 47.5 Å². The standard InChI is InChI=1S/C26H38BrNO3S/c1-4-19-16-25(30)23(10-8-6-7-9-11-26(31)28-5-2)22(19)15-13-20(29)12-14-21-17-24(27)18(3)32-21/h4,6,8,13,15,17,19-20,22-23,25,29-30H,1,5,7,9-12,14,16H2,2-3H3,(H,28,31)/b8-6-,15-13+/t19?,20-,22-,23+,25?/m0/s1. The van der Waals surface area contributed by atoms with Crippen molar-refractivity contribution in [3.05, 3.63) is 57.3 Å². The predicted molar refractivity (Wildman–Crippen MR) is 138 cm³/mol. The van der Waals surface area contributed by atoms with Crippen LogP contribution in [-0.4, -0.2) is 34.9 Å². The molecule has 1 aliphatic rings. The number of hydrogen-bond acceptors (Lipinski definition) is 4. The number of thiophene rings is 1. The topological polar surface area (TPSA) is 69.6 Å². The summed E-state index contributed by atoms with van der Waals surface area (Å²) in [6.45, 7) is 8.65. The number of carbonyl (C=O) groups is 1. The lowest BCUT2D eigenvalue weighted by molar-refractivity contribution is -0.121. The van der Waals surface area contributed by atoms with Crippen molar-refractivity contribution in [2.24, 2.45) is 17.8 Å². The smallest absolute Gasteiger partial charge is 0.219 e. The van der Waals surface area contributed by atoms with Gasteiger partial charge in [-0.1, -0.05) is 30.4 Å². The van der Waals surface area contributed by atoms with Gasteiger partial charge in [0.25, 0.3) is 0 Å². The van der Waals surface area contributed by atoms with Crippen LogP contribution in [0.4, 0.5) is 0 Å². The maximum atomic E-state index is 11.5. The van der Waals surface area contributed by atoms with E-state index in [9.17, 15) is 15.0 Å². The van der Waals surface area contributed by atoms with Gasteiger partial charge in [-0.15, -0.1) is 17.9 Å². The van der Waals surface area contributed by atoms with Crippen LogP contribution < -0.4 is 5.32 Å². The highest BCUT2D eigenvalue weighted by Gasteiger charge is 2.38. The van der Waals surface area contributed by atoms with Gasteiger partial charge >= 0.3 is 0 Å². The molecular weight excluding hydrogens is 486 g/mol. The number of rotatable bonds is 13. The van der Waals surface area contributed by atoms with Gasteiger partial charge in [0.1, 0.15) is 0 Å². The average molecular weight is 525 g/mol. The lowest BCUT2D eigenvalue weighted by atomic mass is 9.86. The Hall–Kier alpha value is -1.21. The summed E-state index contributed by atoms with van der Waals surface area (Å²) in [6.07, 6.45) is 14.6. The molecular formula is C26H38BrNO3S. The first kappa shape index (κ1) is 27.0. The molecule has 6 heteroatoms.